The molecule has 1 saturated heterocycles. The summed E-state index contributed by atoms with van der Waals surface area (Å²) in [5, 5.41) is 3.45. The first-order valence-corrected chi connectivity index (χ1v) is 7.37. The lowest BCUT2D eigenvalue weighted by Crippen LogP contribution is -2.38. The highest BCUT2D eigenvalue weighted by Gasteiger charge is 2.33. The molecule has 0 bridgehead atoms. The smallest absolute Gasteiger partial charge is 0.205 e. The minimum absolute atomic E-state index is 0.757. The van der Waals surface area contributed by atoms with Crippen LogP contribution in [0.15, 0.2) is 12.4 Å². The Labute approximate surface area is 109 Å². The molecule has 18 heavy (non-hydrogen) atoms. The van der Waals surface area contributed by atoms with Gasteiger partial charge >= 0.3 is 0 Å². The van der Waals surface area contributed by atoms with Crippen molar-refractivity contribution in [3.63, 3.8) is 0 Å². The molecule has 0 amide bonds. The van der Waals surface area contributed by atoms with Gasteiger partial charge < -0.3 is 14.8 Å². The molecule has 0 radical (unpaired) electrons. The molecule has 1 N–H and O–H groups in total. The van der Waals surface area contributed by atoms with Crippen molar-refractivity contribution in [3.8, 4) is 0 Å². The Kier molecular flexibility index (Phi) is 3.55. The van der Waals surface area contributed by atoms with Gasteiger partial charge in [0.15, 0.2) is 0 Å². The molecule has 0 spiro atoms. The maximum Gasteiger partial charge on any atom is 0.205 e. The van der Waals surface area contributed by atoms with Crippen LogP contribution in [-0.2, 0) is 6.54 Å². The standard InChI is InChI=1S/C14H24N4/c1-2-17-10-9-16-14(17)18(13-3-4-13)11-12-5-7-15-8-6-12/h9-10,12-13,15H,2-8,11H2,1H3. The predicted molar refractivity (Wildman–Crippen MR) is 73.9 cm³/mol. The normalized spacial score (nSPS) is 21.2. The van der Waals surface area contributed by atoms with Crippen molar-refractivity contribution in [2.24, 2.45) is 5.92 Å². The molecule has 0 atom stereocenters. The summed E-state index contributed by atoms with van der Waals surface area (Å²) in [5.41, 5.74) is 0. The Morgan fingerprint density at radius 3 is 2.78 bits per heavy atom. The van der Waals surface area contributed by atoms with Gasteiger partial charge in [0.05, 0.1) is 0 Å². The maximum atomic E-state index is 4.59. The zero-order valence-corrected chi connectivity index (χ0v) is 11.3. The van der Waals surface area contributed by atoms with Crippen LogP contribution >= 0.6 is 0 Å². The summed E-state index contributed by atoms with van der Waals surface area (Å²) in [6.07, 6.45) is 9.37. The number of hydrogen-bond acceptors (Lipinski definition) is 3. The molecule has 2 heterocycles. The molecule has 2 aliphatic rings. The number of rotatable bonds is 5. The highest BCUT2D eigenvalue weighted by atomic mass is 15.3. The minimum Gasteiger partial charge on any atom is -0.339 e. The van der Waals surface area contributed by atoms with Crippen LogP contribution in [-0.4, -0.2) is 35.2 Å². The zero-order valence-electron chi connectivity index (χ0n) is 11.3. The quantitative estimate of drug-likeness (QED) is 0.863. The van der Waals surface area contributed by atoms with Gasteiger partial charge in [-0.25, -0.2) is 4.98 Å². The van der Waals surface area contributed by atoms with E-state index < -0.39 is 0 Å². The van der Waals surface area contributed by atoms with Crippen molar-refractivity contribution in [2.75, 3.05) is 24.5 Å². The lowest BCUT2D eigenvalue weighted by Gasteiger charge is -2.31. The fourth-order valence-corrected chi connectivity index (χ4v) is 2.93. The number of anilines is 1. The minimum atomic E-state index is 0.757. The van der Waals surface area contributed by atoms with Gasteiger partial charge in [0.25, 0.3) is 0 Å². The molecule has 1 aliphatic heterocycles. The Morgan fingerprint density at radius 1 is 1.33 bits per heavy atom. The van der Waals surface area contributed by atoms with Crippen LogP contribution in [0.4, 0.5) is 5.95 Å². The van der Waals surface area contributed by atoms with Gasteiger partial charge in [0.2, 0.25) is 5.95 Å². The number of hydrogen-bond donors (Lipinski definition) is 1. The largest absolute Gasteiger partial charge is 0.339 e. The molecular formula is C14H24N4. The van der Waals surface area contributed by atoms with Gasteiger partial charge in [-0.1, -0.05) is 0 Å². The van der Waals surface area contributed by atoms with E-state index in [1.807, 2.05) is 6.20 Å². The Bertz CT molecular complexity index is 377. The molecule has 0 aromatic carbocycles. The number of nitrogens with zero attached hydrogens (tertiary/aromatic N) is 3. The molecule has 4 nitrogen and oxygen atoms in total. The number of piperidine rings is 1. The van der Waals surface area contributed by atoms with Crippen LogP contribution in [0.3, 0.4) is 0 Å². The predicted octanol–water partition coefficient (Wildman–Crippen LogP) is 1.87. The first-order chi connectivity index (χ1) is 8.88. The van der Waals surface area contributed by atoms with E-state index in [-0.39, 0.29) is 0 Å². The van der Waals surface area contributed by atoms with E-state index in [9.17, 15) is 0 Å². The van der Waals surface area contributed by atoms with E-state index in [1.165, 1.54) is 51.3 Å². The van der Waals surface area contributed by atoms with Crippen LogP contribution in [0.5, 0.6) is 0 Å². The molecule has 1 aromatic heterocycles. The van der Waals surface area contributed by atoms with Crippen molar-refractivity contribution >= 4 is 5.95 Å². The Balaban J connectivity index is 1.71. The van der Waals surface area contributed by atoms with Gasteiger partial charge in [-0.05, 0) is 51.6 Å². The van der Waals surface area contributed by atoms with Crippen LogP contribution in [0.25, 0.3) is 0 Å². The third-order valence-electron chi connectivity index (χ3n) is 4.19. The molecule has 2 fully saturated rings. The number of aryl methyl sites for hydroxylation is 1. The average Bonchev–Trinajstić information content (AvgIpc) is 3.14. The Morgan fingerprint density at radius 2 is 2.11 bits per heavy atom. The van der Waals surface area contributed by atoms with Crippen LogP contribution < -0.4 is 10.2 Å². The second kappa shape index (κ2) is 5.31. The van der Waals surface area contributed by atoms with E-state index in [0.717, 1.165) is 18.5 Å². The maximum absolute atomic E-state index is 4.59. The molecule has 1 aromatic rings. The van der Waals surface area contributed by atoms with Crippen molar-refractivity contribution in [1.82, 2.24) is 14.9 Å². The third-order valence-corrected chi connectivity index (χ3v) is 4.19. The second-order valence-corrected chi connectivity index (χ2v) is 5.59. The molecule has 4 heteroatoms. The molecule has 100 valence electrons. The van der Waals surface area contributed by atoms with Crippen LogP contribution in [0.1, 0.15) is 32.6 Å². The van der Waals surface area contributed by atoms with Crippen molar-refractivity contribution in [2.45, 2.75) is 45.2 Å². The summed E-state index contributed by atoms with van der Waals surface area (Å²) >= 11 is 0. The highest BCUT2D eigenvalue weighted by molar-refractivity contribution is 5.35. The topological polar surface area (TPSA) is 33.1 Å². The SMILES string of the molecule is CCn1ccnc1N(CC1CCNCC1)C1CC1. The van der Waals surface area contributed by atoms with Crippen molar-refractivity contribution in [3.05, 3.63) is 12.4 Å². The molecule has 0 unspecified atom stereocenters. The fraction of sp³-hybridized carbons (Fsp3) is 0.786. The third kappa shape index (κ3) is 2.53. The lowest BCUT2D eigenvalue weighted by atomic mass is 9.97. The van der Waals surface area contributed by atoms with Gasteiger partial charge in [0, 0.05) is 31.5 Å². The first-order valence-electron chi connectivity index (χ1n) is 7.37. The van der Waals surface area contributed by atoms with Gasteiger partial charge in [-0.3, -0.25) is 0 Å². The fourth-order valence-electron chi connectivity index (χ4n) is 2.93. The first kappa shape index (κ1) is 12.0. The van der Waals surface area contributed by atoms with E-state index in [0.29, 0.717) is 0 Å². The zero-order chi connectivity index (χ0) is 12.4. The van der Waals surface area contributed by atoms with E-state index in [2.05, 4.69) is 32.9 Å². The summed E-state index contributed by atoms with van der Waals surface area (Å²) in [6.45, 7) is 6.78. The number of aromatic nitrogens is 2. The average molecular weight is 248 g/mol. The summed E-state index contributed by atoms with van der Waals surface area (Å²) in [5.74, 6) is 2.03. The molecule has 1 aliphatic carbocycles. The number of nitrogens with one attached hydrogen (secondary N) is 1. The number of imidazole rings is 1. The lowest BCUT2D eigenvalue weighted by molar-refractivity contribution is 0.370. The summed E-state index contributed by atoms with van der Waals surface area (Å²) in [6, 6.07) is 0.757. The van der Waals surface area contributed by atoms with Crippen LogP contribution in [0, 0.1) is 5.92 Å². The highest BCUT2D eigenvalue weighted by Crippen LogP contribution is 2.32. The summed E-state index contributed by atoms with van der Waals surface area (Å²) in [7, 11) is 0. The molecule has 1 saturated carbocycles. The van der Waals surface area contributed by atoms with E-state index in [4.69, 9.17) is 0 Å². The summed E-state index contributed by atoms with van der Waals surface area (Å²) in [4.78, 5) is 7.16. The van der Waals surface area contributed by atoms with Gasteiger partial charge in [0.1, 0.15) is 0 Å². The monoisotopic (exact) mass is 248 g/mol. The summed E-state index contributed by atoms with van der Waals surface area (Å²) < 4.78 is 2.28. The second-order valence-electron chi connectivity index (χ2n) is 5.59. The van der Waals surface area contributed by atoms with E-state index in [1.54, 1.807) is 0 Å². The van der Waals surface area contributed by atoms with E-state index >= 15 is 0 Å². The Hall–Kier alpha value is -1.03. The van der Waals surface area contributed by atoms with Crippen molar-refractivity contribution < 1.29 is 0 Å². The van der Waals surface area contributed by atoms with Crippen LogP contribution in [0.2, 0.25) is 0 Å². The molecule has 3 rings (SSSR count). The van der Waals surface area contributed by atoms with Gasteiger partial charge in [-0.15, -0.1) is 0 Å². The molecular weight excluding hydrogens is 224 g/mol. The van der Waals surface area contributed by atoms with Crippen molar-refractivity contribution in [1.29, 1.82) is 0 Å². The van der Waals surface area contributed by atoms with Gasteiger partial charge in [-0.2, -0.15) is 0 Å².